The van der Waals surface area contributed by atoms with Crippen LogP contribution in [0.25, 0.3) is 0 Å². The molecule has 0 aliphatic carbocycles. The number of thiophene rings is 1. The highest BCUT2D eigenvalue weighted by atomic mass is 32.1. The van der Waals surface area contributed by atoms with E-state index in [1.165, 1.54) is 21.3 Å². The Morgan fingerprint density at radius 1 is 1.38 bits per heavy atom. The molecule has 0 aliphatic rings. The van der Waals surface area contributed by atoms with Gasteiger partial charge in [-0.25, -0.2) is 0 Å². The summed E-state index contributed by atoms with van der Waals surface area (Å²) in [5.41, 5.74) is 1.16. The minimum atomic E-state index is 0.880. The van der Waals surface area contributed by atoms with Crippen molar-refractivity contribution in [2.45, 2.75) is 32.9 Å². The Kier molecular flexibility index (Phi) is 4.44. The van der Waals surface area contributed by atoms with Crippen LogP contribution in [0.2, 0.25) is 0 Å². The van der Waals surface area contributed by atoms with Gasteiger partial charge in [0.1, 0.15) is 0 Å². The molecular formula is C11H15N3S2. The zero-order valence-electron chi connectivity index (χ0n) is 9.27. The molecule has 2 aromatic heterocycles. The number of aromatic nitrogens is 2. The normalized spacial score (nSPS) is 10.8. The first-order chi connectivity index (χ1) is 7.90. The summed E-state index contributed by atoms with van der Waals surface area (Å²) in [4.78, 5) is 2.65. The second kappa shape index (κ2) is 6.08. The second-order valence-corrected chi connectivity index (χ2v) is 5.45. The van der Waals surface area contributed by atoms with Crippen LogP contribution >= 0.6 is 22.9 Å². The molecule has 2 rings (SSSR count). The number of nitrogens with zero attached hydrogens (tertiary/aromatic N) is 2. The van der Waals surface area contributed by atoms with Crippen LogP contribution in [0.3, 0.4) is 0 Å². The summed E-state index contributed by atoms with van der Waals surface area (Å²) in [6, 6.07) is 4.23. The smallest absolute Gasteiger partial charge is 0.0800 e. The summed E-state index contributed by atoms with van der Waals surface area (Å²) in [6.07, 6.45) is 2.16. The van der Waals surface area contributed by atoms with Gasteiger partial charge in [0.2, 0.25) is 0 Å². The van der Waals surface area contributed by atoms with Crippen molar-refractivity contribution in [3.05, 3.63) is 33.0 Å². The maximum absolute atomic E-state index is 4.15. The van der Waals surface area contributed by atoms with Gasteiger partial charge in [0.25, 0.3) is 0 Å². The van der Waals surface area contributed by atoms with E-state index >= 15 is 0 Å². The molecule has 0 aromatic carbocycles. The molecule has 1 N–H and O–H groups in total. The quantitative estimate of drug-likeness (QED) is 0.860. The Labute approximate surface area is 104 Å². The molecule has 0 fully saturated rings. The van der Waals surface area contributed by atoms with Gasteiger partial charge in [0.15, 0.2) is 0 Å². The zero-order valence-corrected chi connectivity index (χ0v) is 10.9. The third-order valence-electron chi connectivity index (χ3n) is 2.29. The lowest BCUT2D eigenvalue weighted by Crippen LogP contribution is -2.12. The molecule has 0 amide bonds. The molecule has 0 bridgehead atoms. The molecule has 0 aliphatic heterocycles. The molecule has 2 aromatic rings. The number of rotatable bonds is 6. The van der Waals surface area contributed by atoms with Gasteiger partial charge in [-0.15, -0.1) is 16.4 Å². The molecular weight excluding hydrogens is 238 g/mol. The summed E-state index contributed by atoms with van der Waals surface area (Å²) in [7, 11) is 0. The van der Waals surface area contributed by atoms with E-state index < -0.39 is 0 Å². The zero-order chi connectivity index (χ0) is 11.2. The van der Waals surface area contributed by atoms with Crippen LogP contribution in [0.15, 0.2) is 17.5 Å². The predicted molar refractivity (Wildman–Crippen MR) is 68.8 cm³/mol. The van der Waals surface area contributed by atoms with E-state index in [4.69, 9.17) is 0 Å². The molecule has 5 heteroatoms. The van der Waals surface area contributed by atoms with Crippen LogP contribution in [0, 0.1) is 0 Å². The van der Waals surface area contributed by atoms with Gasteiger partial charge in [0.05, 0.1) is 10.6 Å². The molecule has 0 saturated carbocycles. The molecule has 86 valence electrons. The van der Waals surface area contributed by atoms with Crippen LogP contribution in [-0.4, -0.2) is 9.59 Å². The Morgan fingerprint density at radius 3 is 3.06 bits per heavy atom. The Hall–Kier alpha value is -0.780. The highest BCUT2D eigenvalue weighted by Crippen LogP contribution is 2.13. The van der Waals surface area contributed by atoms with E-state index in [1.54, 1.807) is 11.3 Å². The molecule has 0 unspecified atom stereocenters. The van der Waals surface area contributed by atoms with Gasteiger partial charge < -0.3 is 5.32 Å². The van der Waals surface area contributed by atoms with E-state index in [2.05, 4.69) is 39.3 Å². The average molecular weight is 253 g/mol. The van der Waals surface area contributed by atoms with Gasteiger partial charge in [0, 0.05) is 18.0 Å². The van der Waals surface area contributed by atoms with Crippen molar-refractivity contribution in [3.63, 3.8) is 0 Å². The monoisotopic (exact) mass is 253 g/mol. The number of hydrogen-bond donors (Lipinski definition) is 1. The lowest BCUT2D eigenvalue weighted by atomic mass is 10.2. The third kappa shape index (κ3) is 3.10. The third-order valence-corrected chi connectivity index (χ3v) is 3.93. The largest absolute Gasteiger partial charge is 0.307 e. The molecule has 0 saturated heterocycles. The maximum Gasteiger partial charge on any atom is 0.0800 e. The Bertz CT molecular complexity index is 409. The topological polar surface area (TPSA) is 37.8 Å². The maximum atomic E-state index is 4.15. The van der Waals surface area contributed by atoms with Crippen LogP contribution in [0.5, 0.6) is 0 Å². The minimum Gasteiger partial charge on any atom is -0.307 e. The van der Waals surface area contributed by atoms with Crippen molar-refractivity contribution >= 4 is 22.9 Å². The molecule has 0 radical (unpaired) electrons. The number of hydrogen-bond acceptors (Lipinski definition) is 5. The molecule has 3 nitrogen and oxygen atoms in total. The summed E-state index contributed by atoms with van der Waals surface area (Å²) in [6.45, 7) is 3.98. The van der Waals surface area contributed by atoms with Crippen molar-refractivity contribution in [3.8, 4) is 0 Å². The summed E-state index contributed by atoms with van der Waals surface area (Å²) >= 11 is 3.29. The molecule has 0 atom stereocenters. The Balaban J connectivity index is 1.82. The summed E-state index contributed by atoms with van der Waals surface area (Å²) in [5, 5.41) is 9.69. The first kappa shape index (κ1) is 11.7. The summed E-state index contributed by atoms with van der Waals surface area (Å²) < 4.78 is 4.01. The average Bonchev–Trinajstić information content (AvgIpc) is 2.91. The van der Waals surface area contributed by atoms with Crippen molar-refractivity contribution in [1.29, 1.82) is 0 Å². The van der Waals surface area contributed by atoms with Gasteiger partial charge in [-0.2, -0.15) is 0 Å². The standard InChI is InChI=1S/C11H15N3S2/c1-2-4-10-11(16-14-13-10)8-12-7-9-5-3-6-15-9/h3,5-6,12H,2,4,7-8H2,1H3. The predicted octanol–water partition coefficient (Wildman–Crippen LogP) is 2.84. The fourth-order valence-electron chi connectivity index (χ4n) is 1.50. The first-order valence-electron chi connectivity index (χ1n) is 5.43. The molecule has 16 heavy (non-hydrogen) atoms. The van der Waals surface area contributed by atoms with E-state index in [-0.39, 0.29) is 0 Å². The highest BCUT2D eigenvalue weighted by Gasteiger charge is 2.06. The van der Waals surface area contributed by atoms with Crippen molar-refractivity contribution < 1.29 is 0 Å². The Morgan fingerprint density at radius 2 is 2.31 bits per heavy atom. The highest BCUT2D eigenvalue weighted by molar-refractivity contribution is 7.09. The van der Waals surface area contributed by atoms with Gasteiger partial charge in [-0.1, -0.05) is 23.9 Å². The van der Waals surface area contributed by atoms with Crippen LogP contribution in [0.1, 0.15) is 28.8 Å². The lowest BCUT2D eigenvalue weighted by Gasteiger charge is -2.01. The van der Waals surface area contributed by atoms with E-state index in [0.29, 0.717) is 0 Å². The second-order valence-electron chi connectivity index (χ2n) is 3.58. The van der Waals surface area contributed by atoms with Crippen molar-refractivity contribution in [2.24, 2.45) is 0 Å². The number of aryl methyl sites for hydroxylation is 1. The first-order valence-corrected chi connectivity index (χ1v) is 7.08. The SMILES string of the molecule is CCCc1nnsc1CNCc1cccs1. The molecule has 0 spiro atoms. The fraction of sp³-hybridized carbons (Fsp3) is 0.455. The number of nitrogens with one attached hydrogen (secondary N) is 1. The van der Waals surface area contributed by atoms with Crippen LogP contribution in [0.4, 0.5) is 0 Å². The van der Waals surface area contributed by atoms with E-state index in [9.17, 15) is 0 Å². The van der Waals surface area contributed by atoms with Crippen LogP contribution in [-0.2, 0) is 19.5 Å². The summed E-state index contributed by atoms with van der Waals surface area (Å²) in [5.74, 6) is 0. The van der Waals surface area contributed by atoms with E-state index in [0.717, 1.165) is 31.6 Å². The molecule has 2 heterocycles. The van der Waals surface area contributed by atoms with Crippen molar-refractivity contribution in [1.82, 2.24) is 14.9 Å². The van der Waals surface area contributed by atoms with E-state index in [1.807, 2.05) is 0 Å². The van der Waals surface area contributed by atoms with Crippen molar-refractivity contribution in [2.75, 3.05) is 0 Å². The van der Waals surface area contributed by atoms with Gasteiger partial charge in [-0.05, 0) is 29.4 Å². The fourth-order valence-corrected chi connectivity index (χ4v) is 2.83. The van der Waals surface area contributed by atoms with Gasteiger partial charge >= 0.3 is 0 Å². The van der Waals surface area contributed by atoms with Gasteiger partial charge in [-0.3, -0.25) is 0 Å². The lowest BCUT2D eigenvalue weighted by molar-refractivity contribution is 0.698. The van der Waals surface area contributed by atoms with Crippen LogP contribution < -0.4 is 5.32 Å². The minimum absolute atomic E-state index is 0.880.